The number of hydrogen-bond donors (Lipinski definition) is 3. The minimum Gasteiger partial charge on any atom is -0.478 e. The van der Waals surface area contributed by atoms with E-state index >= 15 is 0 Å². The Morgan fingerprint density at radius 2 is 2.12 bits per heavy atom. The van der Waals surface area contributed by atoms with Crippen LogP contribution in [0.25, 0.3) is 5.82 Å². The highest BCUT2D eigenvalue weighted by Gasteiger charge is 2.24. The van der Waals surface area contributed by atoms with Gasteiger partial charge in [-0.15, -0.1) is 15.3 Å². The zero-order valence-electron chi connectivity index (χ0n) is 16.9. The predicted octanol–water partition coefficient (Wildman–Crippen LogP) is 0.115. The van der Waals surface area contributed by atoms with Crippen LogP contribution in [0.3, 0.4) is 0 Å². The molecule has 3 heterocycles. The molecule has 0 atom stereocenters. The van der Waals surface area contributed by atoms with Gasteiger partial charge in [-0.1, -0.05) is 35.2 Å². The van der Waals surface area contributed by atoms with Crippen LogP contribution in [0.4, 0.5) is 5.82 Å². The molecule has 0 saturated heterocycles. The fraction of sp³-hybridized carbons (Fsp3) is 0.118. The number of nitrogens with two attached hydrogens (primary N) is 1. The summed E-state index contributed by atoms with van der Waals surface area (Å²) < 4.78 is 7.55. The fourth-order valence-electron chi connectivity index (χ4n) is 2.67. The minimum atomic E-state index is -1.12. The summed E-state index contributed by atoms with van der Waals surface area (Å²) in [7, 11) is 1.77. The highest BCUT2D eigenvalue weighted by atomic mass is 32.2. The third-order valence-electron chi connectivity index (χ3n) is 4.24. The number of aromatic carboxylic acids is 1. The molecule has 4 rings (SSSR count). The third kappa shape index (κ3) is 4.54. The van der Waals surface area contributed by atoms with Crippen molar-refractivity contribution in [3.8, 4) is 5.82 Å². The topological polar surface area (TPSA) is 205 Å². The van der Waals surface area contributed by atoms with E-state index in [1.54, 1.807) is 29.8 Å². The van der Waals surface area contributed by atoms with Crippen molar-refractivity contribution in [1.29, 1.82) is 0 Å². The van der Waals surface area contributed by atoms with Gasteiger partial charge in [-0.25, -0.2) is 14.8 Å². The van der Waals surface area contributed by atoms with Crippen LogP contribution in [-0.2, 0) is 12.8 Å². The molecule has 0 spiro atoms. The van der Waals surface area contributed by atoms with Gasteiger partial charge in [0.05, 0.1) is 17.5 Å². The van der Waals surface area contributed by atoms with Crippen LogP contribution in [0.5, 0.6) is 0 Å². The van der Waals surface area contributed by atoms with Crippen molar-refractivity contribution < 1.29 is 19.3 Å². The molecule has 0 fully saturated rings. The van der Waals surface area contributed by atoms with E-state index in [0.717, 1.165) is 0 Å². The van der Waals surface area contributed by atoms with E-state index in [9.17, 15) is 14.7 Å². The summed E-state index contributed by atoms with van der Waals surface area (Å²) in [6, 6.07) is 6.22. The van der Waals surface area contributed by atoms with Gasteiger partial charge in [-0.2, -0.15) is 9.78 Å². The molecule has 0 bridgehead atoms. The van der Waals surface area contributed by atoms with E-state index in [1.807, 2.05) is 0 Å². The number of aromatic nitrogens is 8. The predicted molar refractivity (Wildman–Crippen MR) is 113 cm³/mol. The fourth-order valence-corrected chi connectivity index (χ4v) is 3.55. The summed E-state index contributed by atoms with van der Waals surface area (Å²) >= 11 is 1.27. The average molecular weight is 469 g/mol. The molecule has 0 saturated carbocycles. The van der Waals surface area contributed by atoms with E-state index in [4.69, 9.17) is 5.73 Å². The highest BCUT2D eigenvalue weighted by molar-refractivity contribution is 7.98. The second-order valence-electron chi connectivity index (χ2n) is 6.37. The molecule has 0 unspecified atom stereocenters. The van der Waals surface area contributed by atoms with E-state index in [-0.39, 0.29) is 28.6 Å². The van der Waals surface area contributed by atoms with Crippen molar-refractivity contribution in [2.45, 2.75) is 10.9 Å². The summed E-state index contributed by atoms with van der Waals surface area (Å²) in [5.41, 5.74) is 8.70. The number of rotatable bonds is 8. The molecule has 0 radical (unpaired) electrons. The van der Waals surface area contributed by atoms with Crippen molar-refractivity contribution >= 4 is 35.7 Å². The Morgan fingerprint density at radius 3 is 2.82 bits per heavy atom. The Kier molecular flexibility index (Phi) is 6.07. The summed E-state index contributed by atoms with van der Waals surface area (Å²) in [5, 5.41) is 36.6. The lowest BCUT2D eigenvalue weighted by Crippen LogP contribution is -2.20. The first-order valence-corrected chi connectivity index (χ1v) is 10.1. The molecule has 4 aromatic rings. The van der Waals surface area contributed by atoms with Gasteiger partial charge in [0.2, 0.25) is 11.6 Å². The number of nitrogens with one attached hydrogen (secondary N) is 1. The SMILES string of the molecule is Cn1cnnc1SCc1c(C(=O)N/N=C\c2ccccc2C(=O)O)nnn1-c1nonc1N. The van der Waals surface area contributed by atoms with Crippen LogP contribution in [0, 0.1) is 0 Å². The lowest BCUT2D eigenvalue weighted by molar-refractivity contribution is 0.0696. The molecule has 15 nitrogen and oxygen atoms in total. The molecule has 0 aliphatic heterocycles. The van der Waals surface area contributed by atoms with Crippen molar-refractivity contribution in [3.05, 3.63) is 53.1 Å². The second-order valence-corrected chi connectivity index (χ2v) is 7.32. The van der Waals surface area contributed by atoms with Crippen LogP contribution >= 0.6 is 11.8 Å². The maximum Gasteiger partial charge on any atom is 0.336 e. The number of carboxylic acids is 1. The summed E-state index contributed by atoms with van der Waals surface area (Å²) in [6.07, 6.45) is 2.76. The number of nitrogens with zero attached hydrogens (tertiary/aromatic N) is 9. The first kappa shape index (κ1) is 21.6. The Bertz CT molecular complexity index is 1340. The number of amides is 1. The zero-order valence-corrected chi connectivity index (χ0v) is 17.7. The largest absolute Gasteiger partial charge is 0.478 e. The molecule has 33 heavy (non-hydrogen) atoms. The standard InChI is InChI=1S/C17H15N11O4S/c1-27-8-20-23-17(27)33-7-11-12(21-26-28(11)14-13(18)24-32-25-14)15(29)22-19-6-9-4-2-3-5-10(9)16(30)31/h2-6,8H,7H2,1H3,(H2,18,24)(H,22,29)(H,30,31)/b19-6-. The van der Waals surface area contributed by atoms with Gasteiger partial charge in [0.15, 0.2) is 10.9 Å². The number of hydrazone groups is 1. The van der Waals surface area contributed by atoms with Crippen LogP contribution in [0.1, 0.15) is 32.1 Å². The number of carbonyl (C=O) groups is 2. The number of anilines is 1. The molecule has 1 aromatic carbocycles. The third-order valence-corrected chi connectivity index (χ3v) is 5.29. The average Bonchev–Trinajstić information content (AvgIpc) is 3.52. The Labute approximate surface area is 188 Å². The van der Waals surface area contributed by atoms with Crippen molar-refractivity contribution in [1.82, 2.24) is 45.5 Å². The number of thioether (sulfide) groups is 1. The number of carboxylic acid groups (broad SMARTS) is 1. The van der Waals surface area contributed by atoms with Crippen LogP contribution < -0.4 is 11.2 Å². The Morgan fingerprint density at radius 1 is 1.30 bits per heavy atom. The number of benzene rings is 1. The van der Waals surface area contributed by atoms with E-state index < -0.39 is 11.9 Å². The minimum absolute atomic E-state index is 0.0382. The van der Waals surface area contributed by atoms with E-state index in [0.29, 0.717) is 16.4 Å². The molecule has 1 amide bonds. The van der Waals surface area contributed by atoms with Gasteiger partial charge in [0.1, 0.15) is 6.33 Å². The molecule has 16 heteroatoms. The first-order valence-electron chi connectivity index (χ1n) is 9.11. The van der Waals surface area contributed by atoms with E-state index in [1.165, 1.54) is 35.1 Å². The van der Waals surface area contributed by atoms with Gasteiger partial charge < -0.3 is 15.4 Å². The molecule has 4 N–H and O–H groups in total. The van der Waals surface area contributed by atoms with Crippen molar-refractivity contribution in [2.75, 3.05) is 5.73 Å². The van der Waals surface area contributed by atoms with Gasteiger partial charge in [0.25, 0.3) is 5.91 Å². The van der Waals surface area contributed by atoms with Crippen molar-refractivity contribution in [2.24, 2.45) is 12.1 Å². The van der Waals surface area contributed by atoms with Crippen molar-refractivity contribution in [3.63, 3.8) is 0 Å². The monoisotopic (exact) mass is 469 g/mol. The maximum atomic E-state index is 12.8. The van der Waals surface area contributed by atoms with Gasteiger partial charge in [-0.3, -0.25) is 4.79 Å². The number of hydrogen-bond acceptors (Lipinski definition) is 12. The molecule has 0 aliphatic carbocycles. The second kappa shape index (κ2) is 9.27. The molecular formula is C17H15N11O4S. The summed E-state index contributed by atoms with van der Waals surface area (Å²) in [6.45, 7) is 0. The van der Waals surface area contributed by atoms with Crippen LogP contribution in [0.15, 0.2) is 45.5 Å². The normalized spacial score (nSPS) is 11.2. The maximum absolute atomic E-state index is 12.8. The van der Waals surface area contributed by atoms with Gasteiger partial charge in [-0.05, 0) is 16.4 Å². The smallest absolute Gasteiger partial charge is 0.336 e. The molecular weight excluding hydrogens is 454 g/mol. The van der Waals surface area contributed by atoms with Gasteiger partial charge in [0, 0.05) is 18.4 Å². The summed E-state index contributed by atoms with van der Waals surface area (Å²) in [4.78, 5) is 24.1. The van der Waals surface area contributed by atoms with E-state index in [2.05, 4.69) is 46.0 Å². The molecule has 168 valence electrons. The zero-order chi connectivity index (χ0) is 23.4. The Hall–Kier alpha value is -4.60. The van der Waals surface area contributed by atoms with Gasteiger partial charge >= 0.3 is 5.97 Å². The lowest BCUT2D eigenvalue weighted by atomic mass is 10.1. The first-order chi connectivity index (χ1) is 16.0. The van der Waals surface area contributed by atoms with Crippen LogP contribution in [-0.4, -0.2) is 63.3 Å². The summed E-state index contributed by atoms with van der Waals surface area (Å²) in [5.74, 6) is -1.59. The quantitative estimate of drug-likeness (QED) is 0.179. The number of carbonyl (C=O) groups excluding carboxylic acids is 1. The number of nitrogen functional groups attached to an aromatic ring is 1. The Balaban J connectivity index is 1.59. The van der Waals surface area contributed by atoms with Crippen LogP contribution in [0.2, 0.25) is 0 Å². The molecule has 0 aliphatic rings. The highest BCUT2D eigenvalue weighted by Crippen LogP contribution is 2.24. The molecule has 3 aromatic heterocycles. The number of aryl methyl sites for hydroxylation is 1. The lowest BCUT2D eigenvalue weighted by Gasteiger charge is -2.05.